The number of allylic oxidation sites excluding steroid dienone is 2. The third-order valence-electron chi connectivity index (χ3n) is 5.20. The highest BCUT2D eigenvalue weighted by molar-refractivity contribution is 7.15. The molecule has 2 N–H and O–H groups in total. The van der Waals surface area contributed by atoms with Crippen molar-refractivity contribution >= 4 is 17.0 Å². The Bertz CT molecular complexity index is 1110. The van der Waals surface area contributed by atoms with Gasteiger partial charge in [0.1, 0.15) is 16.6 Å². The minimum absolute atomic E-state index is 0.469. The Morgan fingerprint density at radius 2 is 1.90 bits per heavy atom. The molecule has 1 aromatic heterocycles. The molecule has 0 atom stereocenters. The zero-order valence-electron chi connectivity index (χ0n) is 16.1. The number of thiazole rings is 1. The highest BCUT2D eigenvalue weighted by atomic mass is 32.1. The van der Waals surface area contributed by atoms with Crippen molar-refractivity contribution in [2.24, 2.45) is 0 Å². The first-order chi connectivity index (χ1) is 14.6. The second-order valence-corrected chi connectivity index (χ2v) is 8.51. The summed E-state index contributed by atoms with van der Waals surface area (Å²) in [6.45, 7) is 2.66. The summed E-state index contributed by atoms with van der Waals surface area (Å²) in [5, 5.41) is 6.22. The second kappa shape index (κ2) is 8.01. The Labute approximate surface area is 177 Å². The Morgan fingerprint density at radius 3 is 2.67 bits per heavy atom. The van der Waals surface area contributed by atoms with E-state index in [1.54, 1.807) is 17.4 Å². The number of nitrogens with zero attached hydrogens (tertiary/aromatic N) is 2. The number of hydrogen-bond donors (Lipinski definition) is 2. The standard InChI is InChI=1S/C23H20F2N4S/c24-19-8-17(9-20(25)10-19)21-5-2-6-29(28-21)14-15-3-1-4-16(7-15)23-27-13-22(30-23)18-11-26-12-18/h1-10,13,18,26,28H,11-12,14H2. The van der Waals surface area contributed by atoms with Gasteiger partial charge in [0, 0.05) is 53.5 Å². The van der Waals surface area contributed by atoms with Gasteiger partial charge in [0.2, 0.25) is 0 Å². The normalized spacial score (nSPS) is 16.2. The summed E-state index contributed by atoms with van der Waals surface area (Å²) < 4.78 is 27.2. The molecule has 0 aliphatic carbocycles. The molecule has 0 bridgehead atoms. The maximum Gasteiger partial charge on any atom is 0.126 e. The highest BCUT2D eigenvalue weighted by Gasteiger charge is 2.21. The number of hydrogen-bond acceptors (Lipinski definition) is 5. The van der Waals surface area contributed by atoms with Gasteiger partial charge in [-0.2, -0.15) is 0 Å². The lowest BCUT2D eigenvalue weighted by atomic mass is 10.0. The van der Waals surface area contributed by atoms with E-state index in [9.17, 15) is 8.78 Å². The van der Waals surface area contributed by atoms with Crippen LogP contribution in [-0.4, -0.2) is 23.1 Å². The molecule has 3 aromatic rings. The van der Waals surface area contributed by atoms with Gasteiger partial charge in [-0.3, -0.25) is 10.4 Å². The fourth-order valence-corrected chi connectivity index (χ4v) is 4.55. The fourth-order valence-electron chi connectivity index (χ4n) is 3.53. The van der Waals surface area contributed by atoms with Crippen LogP contribution in [0.15, 0.2) is 67.0 Å². The van der Waals surface area contributed by atoms with Crippen molar-refractivity contribution in [3.8, 4) is 10.6 Å². The second-order valence-electron chi connectivity index (χ2n) is 7.44. The molecular weight excluding hydrogens is 402 g/mol. The molecule has 2 aliphatic heterocycles. The maximum atomic E-state index is 13.6. The van der Waals surface area contributed by atoms with Crippen molar-refractivity contribution < 1.29 is 8.78 Å². The predicted octanol–water partition coefficient (Wildman–Crippen LogP) is 4.65. The molecule has 30 heavy (non-hydrogen) atoms. The van der Waals surface area contributed by atoms with Crippen LogP contribution in [0.1, 0.15) is 21.9 Å². The van der Waals surface area contributed by atoms with Crippen molar-refractivity contribution in [1.29, 1.82) is 0 Å². The molecular formula is C23H20F2N4S. The van der Waals surface area contributed by atoms with Crippen LogP contribution in [0.5, 0.6) is 0 Å². The van der Waals surface area contributed by atoms with Crippen molar-refractivity contribution in [3.05, 3.63) is 94.7 Å². The molecule has 2 aromatic carbocycles. The van der Waals surface area contributed by atoms with Crippen molar-refractivity contribution in [1.82, 2.24) is 20.7 Å². The fraction of sp³-hybridized carbons (Fsp3) is 0.174. The van der Waals surface area contributed by atoms with E-state index in [-0.39, 0.29) is 0 Å². The number of nitrogens with one attached hydrogen (secondary N) is 2. The molecule has 3 heterocycles. The molecule has 0 radical (unpaired) electrons. The lowest BCUT2D eigenvalue weighted by Crippen LogP contribution is -2.39. The van der Waals surface area contributed by atoms with Gasteiger partial charge in [-0.1, -0.05) is 18.2 Å². The van der Waals surface area contributed by atoms with Crippen LogP contribution in [0, 0.1) is 11.6 Å². The maximum absolute atomic E-state index is 13.6. The minimum Gasteiger partial charge on any atom is -0.315 e. The van der Waals surface area contributed by atoms with Crippen LogP contribution < -0.4 is 10.7 Å². The molecule has 0 unspecified atom stereocenters. The summed E-state index contributed by atoms with van der Waals surface area (Å²) >= 11 is 1.75. The molecule has 1 saturated heterocycles. The third-order valence-corrected chi connectivity index (χ3v) is 6.41. The van der Waals surface area contributed by atoms with E-state index in [1.165, 1.54) is 17.0 Å². The zero-order valence-corrected chi connectivity index (χ0v) is 16.9. The quantitative estimate of drug-likeness (QED) is 0.628. The van der Waals surface area contributed by atoms with Gasteiger partial charge in [-0.05, 0) is 35.9 Å². The first-order valence-electron chi connectivity index (χ1n) is 9.78. The zero-order chi connectivity index (χ0) is 20.5. The van der Waals surface area contributed by atoms with Crippen LogP contribution in [0.4, 0.5) is 8.78 Å². The Balaban J connectivity index is 1.30. The largest absolute Gasteiger partial charge is 0.315 e. The highest BCUT2D eigenvalue weighted by Crippen LogP contribution is 2.32. The number of aromatic nitrogens is 1. The SMILES string of the molecule is Fc1cc(F)cc(C2=CC=CN(Cc3cccc(-c4ncc(C5CNC5)s4)c3)N2)c1. The van der Waals surface area contributed by atoms with Crippen LogP contribution in [0.25, 0.3) is 16.3 Å². The molecule has 0 saturated carbocycles. The topological polar surface area (TPSA) is 40.2 Å². The van der Waals surface area contributed by atoms with Gasteiger partial charge in [0.05, 0.1) is 12.2 Å². The van der Waals surface area contributed by atoms with E-state index >= 15 is 0 Å². The van der Waals surface area contributed by atoms with Crippen molar-refractivity contribution in [2.45, 2.75) is 12.5 Å². The number of hydrazine groups is 1. The van der Waals surface area contributed by atoms with Crippen LogP contribution in [-0.2, 0) is 6.54 Å². The van der Waals surface area contributed by atoms with Gasteiger partial charge in [-0.25, -0.2) is 13.8 Å². The van der Waals surface area contributed by atoms with Gasteiger partial charge in [0.15, 0.2) is 0 Å². The van der Waals surface area contributed by atoms with Crippen LogP contribution in [0.2, 0.25) is 0 Å². The molecule has 5 rings (SSSR count). The Morgan fingerprint density at radius 1 is 1.07 bits per heavy atom. The lowest BCUT2D eigenvalue weighted by molar-refractivity contribution is 0.313. The number of halogens is 2. The van der Waals surface area contributed by atoms with Crippen LogP contribution in [0.3, 0.4) is 0 Å². The van der Waals surface area contributed by atoms with Gasteiger partial charge in [-0.15, -0.1) is 11.3 Å². The first-order valence-corrected chi connectivity index (χ1v) is 10.6. The van der Waals surface area contributed by atoms with Crippen molar-refractivity contribution in [3.63, 3.8) is 0 Å². The Hall–Kier alpha value is -3.03. The van der Waals surface area contributed by atoms with E-state index in [0.29, 0.717) is 23.7 Å². The summed E-state index contributed by atoms with van der Waals surface area (Å²) in [6.07, 6.45) is 7.55. The molecule has 0 spiro atoms. The molecule has 2 aliphatic rings. The average molecular weight is 423 g/mol. The van der Waals surface area contributed by atoms with Gasteiger partial charge >= 0.3 is 0 Å². The molecule has 1 fully saturated rings. The van der Waals surface area contributed by atoms with E-state index in [1.807, 2.05) is 29.5 Å². The molecule has 152 valence electrons. The summed E-state index contributed by atoms with van der Waals surface area (Å²) in [5.41, 5.74) is 6.54. The molecule has 0 amide bonds. The van der Waals surface area contributed by atoms with E-state index in [2.05, 4.69) is 33.9 Å². The average Bonchev–Trinajstić information content (AvgIpc) is 3.16. The van der Waals surface area contributed by atoms with E-state index in [4.69, 9.17) is 0 Å². The molecule has 4 nitrogen and oxygen atoms in total. The van der Waals surface area contributed by atoms with Gasteiger partial charge in [0.25, 0.3) is 0 Å². The smallest absolute Gasteiger partial charge is 0.126 e. The summed E-state index contributed by atoms with van der Waals surface area (Å²) in [7, 11) is 0. The number of rotatable bonds is 5. The summed E-state index contributed by atoms with van der Waals surface area (Å²) in [4.78, 5) is 5.94. The summed E-state index contributed by atoms with van der Waals surface area (Å²) in [6, 6.07) is 11.8. The number of benzene rings is 2. The Kier molecular flexibility index (Phi) is 5.06. The van der Waals surface area contributed by atoms with E-state index in [0.717, 1.165) is 35.3 Å². The van der Waals surface area contributed by atoms with Crippen molar-refractivity contribution in [2.75, 3.05) is 13.1 Å². The van der Waals surface area contributed by atoms with Gasteiger partial charge < -0.3 is 5.32 Å². The first kappa shape index (κ1) is 19.0. The van der Waals surface area contributed by atoms with E-state index < -0.39 is 11.6 Å². The predicted molar refractivity (Wildman–Crippen MR) is 115 cm³/mol. The third kappa shape index (κ3) is 3.99. The lowest BCUT2D eigenvalue weighted by Gasteiger charge is -2.27. The summed E-state index contributed by atoms with van der Waals surface area (Å²) in [5.74, 6) is -0.607. The monoisotopic (exact) mass is 422 g/mol. The molecule has 7 heteroatoms. The van der Waals surface area contributed by atoms with Crippen LogP contribution >= 0.6 is 11.3 Å². The minimum atomic E-state index is -0.595.